The number of carbonyl (C=O) groups is 1. The molecule has 1 aromatic carbocycles. The van der Waals surface area contributed by atoms with Gasteiger partial charge in [0.15, 0.2) is 11.6 Å². The van der Waals surface area contributed by atoms with Crippen LogP contribution in [-0.4, -0.2) is 18.0 Å². The number of aryl methyl sites for hydroxylation is 1. The summed E-state index contributed by atoms with van der Waals surface area (Å²) in [6.45, 7) is 0.474. The molecule has 0 unspecified atom stereocenters. The van der Waals surface area contributed by atoms with Crippen molar-refractivity contribution >= 4 is 18.3 Å². The molecule has 1 aliphatic rings. The maximum absolute atomic E-state index is 13.1. The van der Waals surface area contributed by atoms with E-state index in [4.69, 9.17) is 5.73 Å². The van der Waals surface area contributed by atoms with Gasteiger partial charge >= 0.3 is 0 Å². The topological polar surface area (TPSA) is 55.1 Å². The number of carbonyl (C=O) groups excluding carboxylic acids is 1. The summed E-state index contributed by atoms with van der Waals surface area (Å²) in [5.74, 6) is -1.70. The Balaban J connectivity index is 0.00000242. The highest BCUT2D eigenvalue weighted by Gasteiger charge is 2.33. The number of benzene rings is 1. The highest BCUT2D eigenvalue weighted by molar-refractivity contribution is 5.85. The van der Waals surface area contributed by atoms with E-state index in [1.807, 2.05) is 0 Å². The first-order chi connectivity index (χ1) is 10.0. The highest BCUT2D eigenvalue weighted by atomic mass is 35.5. The Hall–Kier alpha value is -1.20. The maximum Gasteiger partial charge on any atom is 0.220 e. The molecule has 0 aromatic heterocycles. The molecular weight excluding hydrogens is 310 g/mol. The monoisotopic (exact) mass is 332 g/mol. The van der Waals surface area contributed by atoms with Crippen LogP contribution in [0.15, 0.2) is 18.2 Å². The van der Waals surface area contributed by atoms with E-state index in [-0.39, 0.29) is 23.9 Å². The smallest absolute Gasteiger partial charge is 0.220 e. The van der Waals surface area contributed by atoms with Crippen molar-refractivity contribution in [2.24, 2.45) is 5.73 Å². The quantitative estimate of drug-likeness (QED) is 0.841. The van der Waals surface area contributed by atoms with Gasteiger partial charge in [-0.2, -0.15) is 0 Å². The zero-order valence-electron chi connectivity index (χ0n) is 12.5. The van der Waals surface area contributed by atoms with Gasteiger partial charge in [0.25, 0.3) is 0 Å². The van der Waals surface area contributed by atoms with E-state index >= 15 is 0 Å². The molecule has 3 nitrogen and oxygen atoms in total. The Morgan fingerprint density at radius 1 is 1.23 bits per heavy atom. The number of rotatable bonds is 6. The molecule has 124 valence electrons. The molecule has 0 heterocycles. The molecule has 0 saturated heterocycles. The lowest BCUT2D eigenvalue weighted by Crippen LogP contribution is -2.51. The maximum atomic E-state index is 13.1. The minimum Gasteiger partial charge on any atom is -0.349 e. The predicted octanol–water partition coefficient (Wildman–Crippen LogP) is 3.10. The summed E-state index contributed by atoms with van der Waals surface area (Å²) in [6, 6.07) is 3.85. The Morgan fingerprint density at radius 2 is 1.91 bits per heavy atom. The second-order valence-electron chi connectivity index (χ2n) is 5.84. The summed E-state index contributed by atoms with van der Waals surface area (Å²) < 4.78 is 25.9. The molecule has 6 heteroatoms. The predicted molar refractivity (Wildman–Crippen MR) is 84.9 cm³/mol. The molecule has 0 aliphatic heterocycles. The van der Waals surface area contributed by atoms with Crippen molar-refractivity contribution in [2.75, 3.05) is 6.54 Å². The van der Waals surface area contributed by atoms with Crippen LogP contribution < -0.4 is 11.1 Å². The van der Waals surface area contributed by atoms with E-state index in [0.29, 0.717) is 31.4 Å². The molecule has 1 saturated carbocycles. The number of halogens is 3. The first kappa shape index (κ1) is 18.8. The minimum atomic E-state index is -0.845. The van der Waals surface area contributed by atoms with Crippen LogP contribution in [-0.2, 0) is 11.2 Å². The summed E-state index contributed by atoms with van der Waals surface area (Å²) in [5.41, 5.74) is 6.26. The number of hydrogen-bond donors (Lipinski definition) is 2. The second-order valence-corrected chi connectivity index (χ2v) is 5.84. The average Bonchev–Trinajstić information content (AvgIpc) is 2.92. The van der Waals surface area contributed by atoms with Gasteiger partial charge in [-0.1, -0.05) is 18.9 Å². The SMILES string of the molecule is Cl.NCC1(NC(=O)CCCc2ccc(F)c(F)c2)CCCC1. The van der Waals surface area contributed by atoms with Crippen LogP contribution in [0.5, 0.6) is 0 Å². The normalized spacial score (nSPS) is 16.1. The highest BCUT2D eigenvalue weighted by Crippen LogP contribution is 2.28. The van der Waals surface area contributed by atoms with Crippen molar-refractivity contribution in [2.45, 2.75) is 50.5 Å². The van der Waals surface area contributed by atoms with Crippen LogP contribution >= 0.6 is 12.4 Å². The van der Waals surface area contributed by atoms with Crippen molar-refractivity contribution < 1.29 is 13.6 Å². The Labute approximate surface area is 136 Å². The molecular formula is C16H23ClF2N2O. The van der Waals surface area contributed by atoms with Gasteiger partial charge in [-0.15, -0.1) is 12.4 Å². The van der Waals surface area contributed by atoms with E-state index in [1.54, 1.807) is 6.07 Å². The van der Waals surface area contributed by atoms with Crippen molar-refractivity contribution in [3.05, 3.63) is 35.4 Å². The van der Waals surface area contributed by atoms with Crippen LogP contribution in [0.2, 0.25) is 0 Å². The Kier molecular flexibility index (Phi) is 7.23. The van der Waals surface area contributed by atoms with Crippen LogP contribution in [0, 0.1) is 11.6 Å². The van der Waals surface area contributed by atoms with Crippen LogP contribution in [0.4, 0.5) is 8.78 Å². The van der Waals surface area contributed by atoms with Crippen molar-refractivity contribution in [3.63, 3.8) is 0 Å². The van der Waals surface area contributed by atoms with Crippen molar-refractivity contribution in [1.82, 2.24) is 5.32 Å². The van der Waals surface area contributed by atoms with Gasteiger partial charge in [-0.05, 0) is 43.4 Å². The molecule has 2 rings (SSSR count). The molecule has 22 heavy (non-hydrogen) atoms. The number of nitrogens with two attached hydrogens (primary N) is 1. The van der Waals surface area contributed by atoms with Crippen LogP contribution in [0.1, 0.15) is 44.1 Å². The molecule has 0 radical (unpaired) electrons. The number of hydrogen-bond acceptors (Lipinski definition) is 2. The average molecular weight is 333 g/mol. The third kappa shape index (κ3) is 4.92. The zero-order chi connectivity index (χ0) is 15.3. The lowest BCUT2D eigenvalue weighted by atomic mass is 9.97. The van der Waals surface area contributed by atoms with E-state index in [9.17, 15) is 13.6 Å². The van der Waals surface area contributed by atoms with Crippen LogP contribution in [0.3, 0.4) is 0 Å². The summed E-state index contributed by atoms with van der Waals surface area (Å²) in [6.07, 6.45) is 5.63. The van der Waals surface area contributed by atoms with Gasteiger partial charge in [0.2, 0.25) is 5.91 Å². The van der Waals surface area contributed by atoms with Gasteiger partial charge in [-0.25, -0.2) is 8.78 Å². The van der Waals surface area contributed by atoms with Crippen LogP contribution in [0.25, 0.3) is 0 Å². The molecule has 1 aliphatic carbocycles. The molecule has 1 aromatic rings. The fourth-order valence-corrected chi connectivity index (χ4v) is 2.94. The van der Waals surface area contributed by atoms with Gasteiger partial charge in [-0.3, -0.25) is 4.79 Å². The van der Waals surface area contributed by atoms with Gasteiger partial charge in [0.05, 0.1) is 5.54 Å². The summed E-state index contributed by atoms with van der Waals surface area (Å²) in [7, 11) is 0. The Bertz CT molecular complexity index is 505. The minimum absolute atomic E-state index is 0. The van der Waals surface area contributed by atoms with Gasteiger partial charge in [0, 0.05) is 13.0 Å². The second kappa shape index (κ2) is 8.44. The number of nitrogens with one attached hydrogen (secondary N) is 1. The van der Waals surface area contributed by atoms with Crippen molar-refractivity contribution in [3.8, 4) is 0 Å². The molecule has 0 atom stereocenters. The molecule has 3 N–H and O–H groups in total. The van der Waals surface area contributed by atoms with E-state index < -0.39 is 11.6 Å². The van der Waals surface area contributed by atoms with E-state index in [0.717, 1.165) is 31.7 Å². The summed E-state index contributed by atoms with van der Waals surface area (Å²) >= 11 is 0. The van der Waals surface area contributed by atoms with E-state index in [2.05, 4.69) is 5.32 Å². The Morgan fingerprint density at radius 3 is 2.50 bits per heavy atom. The largest absolute Gasteiger partial charge is 0.349 e. The van der Waals surface area contributed by atoms with Crippen molar-refractivity contribution in [1.29, 1.82) is 0 Å². The standard InChI is InChI=1S/C16H22F2N2O.ClH/c17-13-7-6-12(10-14(13)18)4-3-5-15(21)20-16(11-19)8-1-2-9-16;/h6-7,10H,1-5,8-9,11,19H2,(H,20,21);1H. The lowest BCUT2D eigenvalue weighted by Gasteiger charge is -2.28. The number of amides is 1. The first-order valence-electron chi connectivity index (χ1n) is 7.50. The first-order valence-corrected chi connectivity index (χ1v) is 7.50. The third-order valence-corrected chi connectivity index (χ3v) is 4.21. The fraction of sp³-hybridized carbons (Fsp3) is 0.562. The summed E-state index contributed by atoms with van der Waals surface area (Å²) in [5, 5.41) is 3.05. The molecule has 1 amide bonds. The fourth-order valence-electron chi connectivity index (χ4n) is 2.94. The van der Waals surface area contributed by atoms with Gasteiger partial charge in [0.1, 0.15) is 0 Å². The summed E-state index contributed by atoms with van der Waals surface area (Å²) in [4.78, 5) is 12.0. The zero-order valence-corrected chi connectivity index (χ0v) is 13.4. The molecule has 0 spiro atoms. The third-order valence-electron chi connectivity index (χ3n) is 4.21. The molecule has 0 bridgehead atoms. The van der Waals surface area contributed by atoms with Gasteiger partial charge < -0.3 is 11.1 Å². The van der Waals surface area contributed by atoms with E-state index in [1.165, 1.54) is 6.07 Å². The molecule has 1 fully saturated rings. The lowest BCUT2D eigenvalue weighted by molar-refractivity contribution is -0.123.